The minimum Gasteiger partial charge on any atom is -0.507 e. The molecule has 106 valence electrons. The molecule has 0 saturated carbocycles. The topological polar surface area (TPSA) is 46.0 Å². The largest absolute Gasteiger partial charge is 0.507 e. The van der Waals surface area contributed by atoms with E-state index >= 15 is 0 Å². The highest BCUT2D eigenvalue weighted by Crippen LogP contribution is 2.24. The summed E-state index contributed by atoms with van der Waals surface area (Å²) in [6.07, 6.45) is 1.51. The zero-order valence-corrected chi connectivity index (χ0v) is 12.2. The Balaban J connectivity index is 2.19. The summed E-state index contributed by atoms with van der Waals surface area (Å²) in [5.74, 6) is 0.122. The molecular weight excluding hydrogens is 296 g/mol. The molecular formula is C18H11ClN2O. The maximum atomic E-state index is 10.7. The molecule has 22 heavy (non-hydrogen) atoms. The molecule has 0 radical (unpaired) electrons. The van der Waals surface area contributed by atoms with E-state index in [0.717, 1.165) is 21.8 Å². The number of benzene rings is 3. The van der Waals surface area contributed by atoms with E-state index in [-0.39, 0.29) is 5.76 Å². The van der Waals surface area contributed by atoms with Crippen LogP contribution in [0.15, 0.2) is 60.9 Å². The standard InChI is InChI=1S/C18H11ClN2O/c19-14-6-2-1-5-12(14)18(22)13-9-8-11-4-3-7-15-16(11)17(13)21-10-20-15/h1-10,22H. The zero-order chi connectivity index (χ0) is 15.1. The predicted molar refractivity (Wildman–Crippen MR) is 88.9 cm³/mol. The number of hydrogen-bond acceptors (Lipinski definition) is 3. The van der Waals surface area contributed by atoms with Crippen LogP contribution in [0, 0.1) is 0 Å². The lowest BCUT2D eigenvalue weighted by atomic mass is 10.0. The molecule has 0 fully saturated rings. The summed E-state index contributed by atoms with van der Waals surface area (Å²) >= 11 is 6.19. The van der Waals surface area contributed by atoms with Crippen LogP contribution in [0.5, 0.6) is 0 Å². The summed E-state index contributed by atoms with van der Waals surface area (Å²) in [6, 6.07) is 16.9. The van der Waals surface area contributed by atoms with Crippen LogP contribution < -0.4 is 5.22 Å². The normalized spacial score (nSPS) is 12.8. The molecule has 0 atom stereocenters. The molecule has 1 N–H and O–H groups in total. The second kappa shape index (κ2) is 4.97. The van der Waals surface area contributed by atoms with Gasteiger partial charge in [0.2, 0.25) is 0 Å². The Morgan fingerprint density at radius 1 is 0.909 bits per heavy atom. The molecule has 0 unspecified atom stereocenters. The number of hydrogen-bond donors (Lipinski definition) is 1. The number of rotatable bonds is 1. The van der Waals surface area contributed by atoms with Crippen molar-refractivity contribution in [3.05, 3.63) is 76.7 Å². The van der Waals surface area contributed by atoms with Crippen LogP contribution in [0.4, 0.5) is 0 Å². The third-order valence-electron chi connectivity index (χ3n) is 3.76. The number of halogens is 1. The van der Waals surface area contributed by atoms with Crippen molar-refractivity contribution in [2.24, 2.45) is 0 Å². The highest BCUT2D eigenvalue weighted by Gasteiger charge is 2.10. The van der Waals surface area contributed by atoms with Crippen molar-refractivity contribution < 1.29 is 5.11 Å². The van der Waals surface area contributed by atoms with Crippen molar-refractivity contribution in [3.8, 4) is 0 Å². The molecule has 4 rings (SSSR count). The van der Waals surface area contributed by atoms with Crippen molar-refractivity contribution in [1.29, 1.82) is 0 Å². The average molecular weight is 307 g/mol. The van der Waals surface area contributed by atoms with Gasteiger partial charge < -0.3 is 5.11 Å². The first-order chi connectivity index (χ1) is 10.8. The predicted octanol–water partition coefficient (Wildman–Crippen LogP) is 3.87. The Labute approximate surface area is 131 Å². The van der Waals surface area contributed by atoms with E-state index < -0.39 is 0 Å². The Hall–Kier alpha value is -2.65. The molecule has 4 heteroatoms. The third kappa shape index (κ3) is 1.90. The summed E-state index contributed by atoms with van der Waals surface area (Å²) < 4.78 is 0. The fourth-order valence-electron chi connectivity index (χ4n) is 2.72. The molecule has 1 heterocycles. The number of aromatic nitrogens is 2. The van der Waals surface area contributed by atoms with Crippen LogP contribution >= 0.6 is 11.6 Å². The van der Waals surface area contributed by atoms with Gasteiger partial charge in [0.25, 0.3) is 0 Å². The van der Waals surface area contributed by atoms with Crippen LogP contribution in [0.3, 0.4) is 0 Å². The van der Waals surface area contributed by atoms with Crippen LogP contribution in [0.2, 0.25) is 5.02 Å². The minimum atomic E-state index is 0.122. The monoisotopic (exact) mass is 306 g/mol. The Kier molecular flexibility index (Phi) is 2.94. The lowest BCUT2D eigenvalue weighted by Crippen LogP contribution is -2.10. The lowest BCUT2D eigenvalue weighted by molar-refractivity contribution is 0.508. The third-order valence-corrected chi connectivity index (χ3v) is 4.09. The summed E-state index contributed by atoms with van der Waals surface area (Å²) in [7, 11) is 0. The van der Waals surface area contributed by atoms with Crippen molar-refractivity contribution in [1.82, 2.24) is 9.97 Å². The lowest BCUT2D eigenvalue weighted by Gasteiger charge is -2.07. The Bertz CT molecular complexity index is 1040. The van der Waals surface area contributed by atoms with Gasteiger partial charge in [0.1, 0.15) is 12.1 Å². The summed E-state index contributed by atoms with van der Waals surface area (Å²) in [5.41, 5.74) is 2.17. The molecule has 0 aliphatic carbocycles. The fourth-order valence-corrected chi connectivity index (χ4v) is 2.95. The number of aliphatic hydroxyl groups excluding tert-OH is 1. The summed E-state index contributed by atoms with van der Waals surface area (Å²) in [4.78, 5) is 8.67. The van der Waals surface area contributed by atoms with Crippen LogP contribution in [-0.2, 0) is 0 Å². The molecule has 3 aromatic carbocycles. The van der Waals surface area contributed by atoms with Gasteiger partial charge in [-0.05, 0) is 29.7 Å². The van der Waals surface area contributed by atoms with E-state index in [1.165, 1.54) is 6.33 Å². The molecule has 0 amide bonds. The number of nitrogens with zero attached hydrogens (tertiary/aromatic N) is 2. The van der Waals surface area contributed by atoms with E-state index in [0.29, 0.717) is 15.8 Å². The molecule has 0 saturated heterocycles. The van der Waals surface area contributed by atoms with E-state index in [9.17, 15) is 5.11 Å². The first-order valence-electron chi connectivity index (χ1n) is 6.86. The van der Waals surface area contributed by atoms with Crippen molar-refractivity contribution in [2.45, 2.75) is 0 Å². The van der Waals surface area contributed by atoms with E-state index in [4.69, 9.17) is 11.6 Å². The van der Waals surface area contributed by atoms with Crippen molar-refractivity contribution in [2.75, 3.05) is 0 Å². The number of aliphatic hydroxyl groups is 1. The van der Waals surface area contributed by atoms with Gasteiger partial charge in [0.15, 0.2) is 0 Å². The van der Waals surface area contributed by atoms with Gasteiger partial charge in [-0.3, -0.25) is 0 Å². The molecule has 0 aliphatic rings. The molecule has 1 aromatic heterocycles. The van der Waals surface area contributed by atoms with E-state index in [1.807, 2.05) is 42.5 Å². The summed E-state index contributed by atoms with van der Waals surface area (Å²) in [5, 5.41) is 13.8. The van der Waals surface area contributed by atoms with Gasteiger partial charge in [0.05, 0.1) is 16.1 Å². The zero-order valence-electron chi connectivity index (χ0n) is 11.5. The van der Waals surface area contributed by atoms with Gasteiger partial charge in [0, 0.05) is 16.2 Å². The van der Waals surface area contributed by atoms with Gasteiger partial charge in [-0.15, -0.1) is 0 Å². The second-order valence-electron chi connectivity index (χ2n) is 5.04. The quantitative estimate of drug-likeness (QED) is 0.580. The van der Waals surface area contributed by atoms with Crippen LogP contribution in [-0.4, -0.2) is 15.1 Å². The van der Waals surface area contributed by atoms with Gasteiger partial charge in [-0.2, -0.15) is 0 Å². The molecule has 0 bridgehead atoms. The highest BCUT2D eigenvalue weighted by atomic mass is 35.5. The Morgan fingerprint density at radius 2 is 1.77 bits per heavy atom. The fraction of sp³-hybridized carbons (Fsp3) is 0. The molecule has 0 aliphatic heterocycles. The van der Waals surface area contributed by atoms with Gasteiger partial charge in [-0.25, -0.2) is 9.97 Å². The maximum absolute atomic E-state index is 10.7. The average Bonchev–Trinajstić information content (AvgIpc) is 2.56. The smallest absolute Gasteiger partial charge is 0.133 e. The SMILES string of the molecule is OC(c1ccccc1Cl)=c1ccc2cccc3ncnc1c23. The van der Waals surface area contributed by atoms with Gasteiger partial charge >= 0.3 is 0 Å². The van der Waals surface area contributed by atoms with Crippen molar-refractivity contribution in [3.63, 3.8) is 0 Å². The van der Waals surface area contributed by atoms with Crippen LogP contribution in [0.1, 0.15) is 5.56 Å². The first kappa shape index (κ1) is 13.0. The van der Waals surface area contributed by atoms with E-state index in [2.05, 4.69) is 9.97 Å². The van der Waals surface area contributed by atoms with Crippen molar-refractivity contribution >= 4 is 39.2 Å². The van der Waals surface area contributed by atoms with Gasteiger partial charge in [-0.1, -0.05) is 41.9 Å². The Morgan fingerprint density at radius 3 is 2.64 bits per heavy atom. The molecule has 0 spiro atoms. The van der Waals surface area contributed by atoms with Crippen LogP contribution in [0.25, 0.3) is 27.6 Å². The minimum absolute atomic E-state index is 0.122. The first-order valence-corrected chi connectivity index (χ1v) is 7.24. The molecule has 3 nitrogen and oxygen atoms in total. The van der Waals surface area contributed by atoms with E-state index in [1.54, 1.807) is 12.1 Å². The maximum Gasteiger partial charge on any atom is 0.133 e. The summed E-state index contributed by atoms with van der Waals surface area (Å²) in [6.45, 7) is 0. The molecule has 4 aromatic rings. The highest BCUT2D eigenvalue weighted by molar-refractivity contribution is 6.32. The second-order valence-corrected chi connectivity index (χ2v) is 5.45.